The van der Waals surface area contributed by atoms with E-state index in [4.69, 9.17) is 10.5 Å². The summed E-state index contributed by atoms with van der Waals surface area (Å²) in [6.07, 6.45) is -1.40. The zero-order valence-electron chi connectivity index (χ0n) is 21.3. The maximum atomic E-state index is 13.6. The van der Waals surface area contributed by atoms with Gasteiger partial charge in [0.25, 0.3) is 0 Å². The molecule has 0 heterocycles. The van der Waals surface area contributed by atoms with Crippen molar-refractivity contribution in [1.29, 1.82) is 0 Å². The molecule has 0 fully saturated rings. The van der Waals surface area contributed by atoms with Crippen LogP contribution >= 0.6 is 0 Å². The van der Waals surface area contributed by atoms with Crippen LogP contribution in [0.5, 0.6) is 5.75 Å². The molecule has 0 radical (unpaired) electrons. The lowest BCUT2D eigenvalue weighted by atomic mass is 9.97. The number of ether oxygens (including phenoxy) is 1. The van der Waals surface area contributed by atoms with Gasteiger partial charge in [-0.3, -0.25) is 14.4 Å². The Hall–Kier alpha value is -3.30. The summed E-state index contributed by atoms with van der Waals surface area (Å²) >= 11 is 0. The van der Waals surface area contributed by atoms with Crippen LogP contribution in [0.1, 0.15) is 72.1 Å². The van der Waals surface area contributed by atoms with Gasteiger partial charge in [-0.05, 0) is 61.0 Å². The molecule has 2 unspecified atom stereocenters. The maximum absolute atomic E-state index is 13.6. The number of alkyl carbamates (subject to hydrolysis) is 1. The van der Waals surface area contributed by atoms with Crippen molar-refractivity contribution in [2.45, 2.75) is 85.0 Å². The van der Waals surface area contributed by atoms with Crippen LogP contribution < -0.4 is 16.4 Å². The van der Waals surface area contributed by atoms with Crippen molar-refractivity contribution >= 4 is 23.8 Å². The van der Waals surface area contributed by atoms with E-state index in [0.717, 1.165) is 0 Å². The molecule has 1 aromatic carbocycles. The first-order chi connectivity index (χ1) is 15.5. The van der Waals surface area contributed by atoms with Gasteiger partial charge in [-0.2, -0.15) is 0 Å². The Bertz CT molecular complexity index is 917. The minimum absolute atomic E-state index is 0.0414. The highest BCUT2D eigenvalue weighted by Gasteiger charge is 2.38. The third kappa shape index (κ3) is 8.57. The van der Waals surface area contributed by atoms with E-state index in [1.54, 1.807) is 73.6 Å². The molecule has 0 aliphatic carbocycles. The van der Waals surface area contributed by atoms with Crippen LogP contribution in [0.15, 0.2) is 18.2 Å². The molecule has 1 rings (SSSR count). The summed E-state index contributed by atoms with van der Waals surface area (Å²) in [6, 6.07) is 2.29. The summed E-state index contributed by atoms with van der Waals surface area (Å²) in [6.45, 7) is 13.7. The number of aromatic hydroxyl groups is 1. The van der Waals surface area contributed by atoms with Crippen LogP contribution in [-0.4, -0.2) is 57.5 Å². The van der Waals surface area contributed by atoms with E-state index >= 15 is 0 Å². The van der Waals surface area contributed by atoms with Crippen LogP contribution in [0.25, 0.3) is 0 Å². The van der Waals surface area contributed by atoms with Gasteiger partial charge in [0.05, 0.1) is 6.42 Å². The molecular formula is C24H38N4O6. The fourth-order valence-corrected chi connectivity index (χ4v) is 3.31. The topological polar surface area (TPSA) is 151 Å². The van der Waals surface area contributed by atoms with E-state index < -0.39 is 53.5 Å². The van der Waals surface area contributed by atoms with E-state index in [1.807, 2.05) is 0 Å². The number of nitrogens with two attached hydrogens (primary N) is 1. The van der Waals surface area contributed by atoms with Gasteiger partial charge < -0.3 is 31.1 Å². The highest BCUT2D eigenvalue weighted by atomic mass is 16.6. The monoisotopic (exact) mass is 478 g/mol. The molecule has 2 atom stereocenters. The molecule has 34 heavy (non-hydrogen) atoms. The number of rotatable bonds is 8. The van der Waals surface area contributed by atoms with Gasteiger partial charge in [0.1, 0.15) is 23.4 Å². The van der Waals surface area contributed by atoms with Crippen molar-refractivity contribution in [2.75, 3.05) is 6.54 Å². The van der Waals surface area contributed by atoms with Crippen molar-refractivity contribution < 1.29 is 29.0 Å². The van der Waals surface area contributed by atoms with Crippen LogP contribution in [0.2, 0.25) is 0 Å². The van der Waals surface area contributed by atoms with Gasteiger partial charge in [0.15, 0.2) is 0 Å². The Labute approximate surface area is 201 Å². The van der Waals surface area contributed by atoms with Crippen LogP contribution in [0.4, 0.5) is 4.79 Å². The van der Waals surface area contributed by atoms with Gasteiger partial charge >= 0.3 is 6.09 Å². The Morgan fingerprint density at radius 3 is 2.18 bits per heavy atom. The summed E-state index contributed by atoms with van der Waals surface area (Å²) in [5.74, 6) is -2.20. The normalized spacial score (nSPS) is 13.4. The third-order valence-corrected chi connectivity index (χ3v) is 4.64. The number of hydrogen-bond acceptors (Lipinski definition) is 6. The smallest absolute Gasteiger partial charge is 0.408 e. The van der Waals surface area contributed by atoms with Crippen molar-refractivity contribution in [2.24, 2.45) is 5.73 Å². The Morgan fingerprint density at radius 2 is 1.71 bits per heavy atom. The minimum atomic E-state index is -1.37. The van der Waals surface area contributed by atoms with Gasteiger partial charge in [-0.1, -0.05) is 18.2 Å². The molecule has 0 spiro atoms. The van der Waals surface area contributed by atoms with E-state index in [-0.39, 0.29) is 17.9 Å². The first-order valence-electron chi connectivity index (χ1n) is 11.2. The van der Waals surface area contributed by atoms with Gasteiger partial charge in [-0.15, -0.1) is 0 Å². The second-order valence-electron chi connectivity index (χ2n) is 10.1. The summed E-state index contributed by atoms with van der Waals surface area (Å²) in [5, 5.41) is 15.9. The molecule has 0 aliphatic heterocycles. The molecule has 0 aliphatic rings. The number of aryl methyl sites for hydroxylation is 1. The van der Waals surface area contributed by atoms with Crippen LogP contribution in [0, 0.1) is 6.92 Å². The van der Waals surface area contributed by atoms with E-state index in [9.17, 15) is 24.3 Å². The first kappa shape index (κ1) is 28.7. The molecular weight excluding hydrogens is 440 g/mol. The molecule has 0 aromatic heterocycles. The summed E-state index contributed by atoms with van der Waals surface area (Å²) in [5.41, 5.74) is 4.60. The number of hydrogen-bond donors (Lipinski definition) is 4. The highest BCUT2D eigenvalue weighted by molar-refractivity contribution is 5.95. The number of nitrogens with zero attached hydrogens (tertiary/aromatic N) is 1. The number of carbonyl (C=O) groups is 4. The van der Waals surface area contributed by atoms with Gasteiger partial charge in [0.2, 0.25) is 17.7 Å². The average molecular weight is 479 g/mol. The predicted molar refractivity (Wildman–Crippen MR) is 128 cm³/mol. The number of amides is 4. The summed E-state index contributed by atoms with van der Waals surface area (Å²) in [7, 11) is 0. The number of likely N-dealkylation sites (N-methyl/N-ethyl adjacent to an activating group) is 1. The average Bonchev–Trinajstić information content (AvgIpc) is 2.64. The highest BCUT2D eigenvalue weighted by Crippen LogP contribution is 2.32. The van der Waals surface area contributed by atoms with Crippen molar-refractivity contribution in [3.63, 3.8) is 0 Å². The predicted octanol–water partition coefficient (Wildman–Crippen LogP) is 2.27. The van der Waals surface area contributed by atoms with Crippen LogP contribution in [0.3, 0.4) is 0 Å². The lowest BCUT2D eigenvalue weighted by Crippen LogP contribution is -2.55. The number of benzene rings is 1. The second-order valence-corrected chi connectivity index (χ2v) is 10.1. The van der Waals surface area contributed by atoms with E-state index in [0.29, 0.717) is 5.56 Å². The van der Waals surface area contributed by atoms with E-state index in [2.05, 4.69) is 10.6 Å². The largest absolute Gasteiger partial charge is 0.507 e. The molecule has 190 valence electrons. The minimum Gasteiger partial charge on any atom is -0.507 e. The molecule has 5 N–H and O–H groups in total. The third-order valence-electron chi connectivity index (χ3n) is 4.64. The fraction of sp³-hybridized carbons (Fsp3) is 0.583. The Morgan fingerprint density at radius 1 is 1.12 bits per heavy atom. The van der Waals surface area contributed by atoms with Gasteiger partial charge in [0, 0.05) is 17.6 Å². The number of phenolic OH excluding ortho intramolecular Hbond substituents is 1. The molecule has 10 heteroatoms. The lowest BCUT2D eigenvalue weighted by molar-refractivity contribution is -0.143. The Kier molecular flexibility index (Phi) is 9.48. The second kappa shape index (κ2) is 11.2. The Balaban J connectivity index is 3.49. The van der Waals surface area contributed by atoms with Crippen LogP contribution in [-0.2, 0) is 19.1 Å². The molecule has 0 saturated carbocycles. The van der Waals surface area contributed by atoms with Crippen molar-refractivity contribution in [1.82, 2.24) is 15.5 Å². The fourth-order valence-electron chi connectivity index (χ4n) is 3.31. The maximum Gasteiger partial charge on any atom is 0.408 e. The zero-order chi connectivity index (χ0) is 26.4. The molecule has 4 amide bonds. The number of phenols is 1. The molecule has 0 bridgehead atoms. The molecule has 1 aromatic rings. The zero-order valence-corrected chi connectivity index (χ0v) is 21.3. The lowest BCUT2D eigenvalue weighted by Gasteiger charge is -2.35. The SMILES string of the molecule is CCN(C(=O)C(CC(N)=O)NC(=O)OC(C)(C)C)C(C(=O)NC(C)(C)C)c1cccc(C)c1O. The summed E-state index contributed by atoms with van der Waals surface area (Å²) in [4.78, 5) is 52.2. The molecule has 0 saturated heterocycles. The standard InChI is InChI=1S/C24H38N4O6/c1-9-28(21(32)16(13-17(25)29)26-22(33)34-24(6,7)8)18(20(31)27-23(3,4)5)15-12-10-11-14(2)19(15)30/h10-12,16,18,30H,9,13H2,1-8H3,(H2,25,29)(H,26,33)(H,27,31). The van der Waals surface area contributed by atoms with E-state index in [1.165, 1.54) is 4.90 Å². The first-order valence-corrected chi connectivity index (χ1v) is 11.2. The number of primary amides is 1. The number of carbonyl (C=O) groups excluding carboxylic acids is 4. The number of para-hydroxylation sites is 1. The summed E-state index contributed by atoms with van der Waals surface area (Å²) < 4.78 is 5.21. The van der Waals surface area contributed by atoms with Crippen molar-refractivity contribution in [3.8, 4) is 5.75 Å². The van der Waals surface area contributed by atoms with Gasteiger partial charge in [-0.25, -0.2) is 4.79 Å². The quantitative estimate of drug-likeness (QED) is 0.450. The van der Waals surface area contributed by atoms with Crippen molar-refractivity contribution in [3.05, 3.63) is 29.3 Å². The molecule has 10 nitrogen and oxygen atoms in total. The number of nitrogens with one attached hydrogen (secondary N) is 2.